The highest BCUT2D eigenvalue weighted by molar-refractivity contribution is 7.89. The Labute approximate surface area is 138 Å². The number of rotatable bonds is 4. The Kier molecular flexibility index (Phi) is 3.58. The van der Waals surface area contributed by atoms with Gasteiger partial charge in [-0.1, -0.05) is 23.4 Å². The lowest BCUT2D eigenvalue weighted by molar-refractivity contribution is 0.217. The molecule has 4 rings (SSSR count). The van der Waals surface area contributed by atoms with Crippen LogP contribution in [0.3, 0.4) is 0 Å². The summed E-state index contributed by atoms with van der Waals surface area (Å²) in [5, 5.41) is 3.88. The minimum absolute atomic E-state index is 0.110. The molecular weight excluding hydrogens is 330 g/mol. The maximum absolute atomic E-state index is 12.5. The number of hydrogen-bond acceptors (Lipinski definition) is 7. The van der Waals surface area contributed by atoms with Gasteiger partial charge in [0.2, 0.25) is 21.7 Å². The van der Waals surface area contributed by atoms with E-state index in [1.807, 2.05) is 0 Å². The van der Waals surface area contributed by atoms with Crippen molar-refractivity contribution in [2.75, 3.05) is 13.1 Å². The fourth-order valence-corrected chi connectivity index (χ4v) is 4.00. The van der Waals surface area contributed by atoms with E-state index < -0.39 is 10.0 Å². The standard InChI is InChI=1S/C15H13N5O3S/c21-24(22,12-4-2-1-3-5-12)20-9-11(10-20)15-18-14(19-23-15)13-8-16-6-7-17-13/h1-8,11H,9-10H2. The van der Waals surface area contributed by atoms with E-state index in [0.717, 1.165) is 0 Å². The van der Waals surface area contributed by atoms with E-state index in [4.69, 9.17) is 4.52 Å². The van der Waals surface area contributed by atoms with Gasteiger partial charge in [0.25, 0.3) is 0 Å². The summed E-state index contributed by atoms with van der Waals surface area (Å²) in [4.78, 5) is 12.6. The summed E-state index contributed by atoms with van der Waals surface area (Å²) < 4.78 is 31.6. The van der Waals surface area contributed by atoms with Gasteiger partial charge in [-0.15, -0.1) is 0 Å². The normalized spacial score (nSPS) is 16.0. The number of hydrogen-bond donors (Lipinski definition) is 0. The van der Waals surface area contributed by atoms with Crippen LogP contribution in [0.5, 0.6) is 0 Å². The molecule has 1 saturated heterocycles. The zero-order valence-corrected chi connectivity index (χ0v) is 13.3. The summed E-state index contributed by atoms with van der Waals surface area (Å²) in [5.74, 6) is 0.652. The van der Waals surface area contributed by atoms with E-state index in [9.17, 15) is 8.42 Å². The van der Waals surface area contributed by atoms with Crippen LogP contribution < -0.4 is 0 Å². The largest absolute Gasteiger partial charge is 0.339 e. The van der Waals surface area contributed by atoms with Crippen LogP contribution in [-0.4, -0.2) is 45.9 Å². The second-order valence-corrected chi connectivity index (χ2v) is 7.32. The average molecular weight is 343 g/mol. The lowest BCUT2D eigenvalue weighted by Gasteiger charge is -2.35. The van der Waals surface area contributed by atoms with E-state index in [0.29, 0.717) is 30.5 Å². The molecule has 0 N–H and O–H groups in total. The summed E-state index contributed by atoms with van der Waals surface area (Å²) >= 11 is 0. The Hall–Kier alpha value is -2.65. The molecule has 1 fully saturated rings. The molecule has 1 aliphatic heterocycles. The number of sulfonamides is 1. The molecule has 0 saturated carbocycles. The van der Waals surface area contributed by atoms with Gasteiger partial charge in [0, 0.05) is 25.5 Å². The predicted molar refractivity (Wildman–Crippen MR) is 83.3 cm³/mol. The summed E-state index contributed by atoms with van der Waals surface area (Å²) in [5.41, 5.74) is 0.514. The number of nitrogens with zero attached hydrogens (tertiary/aromatic N) is 5. The van der Waals surface area contributed by atoms with Gasteiger partial charge in [-0.2, -0.15) is 9.29 Å². The minimum atomic E-state index is -3.47. The van der Waals surface area contributed by atoms with Crippen molar-refractivity contribution in [3.05, 3.63) is 54.8 Å². The molecule has 0 unspecified atom stereocenters. The molecule has 0 spiro atoms. The molecule has 0 amide bonds. The second-order valence-electron chi connectivity index (χ2n) is 5.38. The van der Waals surface area contributed by atoms with Gasteiger partial charge in [0.05, 0.1) is 17.0 Å². The first-order valence-electron chi connectivity index (χ1n) is 7.30. The molecule has 1 aliphatic rings. The summed E-state index contributed by atoms with van der Waals surface area (Å²) in [7, 11) is -3.47. The second kappa shape index (κ2) is 5.77. The minimum Gasteiger partial charge on any atom is -0.339 e. The molecule has 122 valence electrons. The van der Waals surface area contributed by atoms with Crippen LogP contribution in [0.15, 0.2) is 58.3 Å². The van der Waals surface area contributed by atoms with E-state index in [1.54, 1.807) is 48.9 Å². The van der Waals surface area contributed by atoms with E-state index in [2.05, 4.69) is 20.1 Å². The summed E-state index contributed by atoms with van der Waals surface area (Å²) in [6.07, 6.45) is 4.65. The Morgan fingerprint density at radius 3 is 2.62 bits per heavy atom. The third-order valence-electron chi connectivity index (χ3n) is 3.81. The maximum Gasteiger partial charge on any atom is 0.243 e. The zero-order chi connectivity index (χ0) is 16.6. The van der Waals surface area contributed by atoms with E-state index in [-0.39, 0.29) is 10.8 Å². The van der Waals surface area contributed by atoms with Gasteiger partial charge in [-0.3, -0.25) is 4.98 Å². The van der Waals surface area contributed by atoms with Gasteiger partial charge >= 0.3 is 0 Å². The molecule has 0 atom stereocenters. The van der Waals surface area contributed by atoms with Crippen LogP contribution in [0.2, 0.25) is 0 Å². The highest BCUT2D eigenvalue weighted by Crippen LogP contribution is 2.31. The third-order valence-corrected chi connectivity index (χ3v) is 5.66. The fourth-order valence-electron chi connectivity index (χ4n) is 2.45. The van der Waals surface area contributed by atoms with E-state index in [1.165, 1.54) is 4.31 Å². The van der Waals surface area contributed by atoms with Crippen molar-refractivity contribution in [2.24, 2.45) is 0 Å². The molecule has 24 heavy (non-hydrogen) atoms. The van der Waals surface area contributed by atoms with Crippen LogP contribution in [-0.2, 0) is 10.0 Å². The number of benzene rings is 1. The zero-order valence-electron chi connectivity index (χ0n) is 12.5. The first-order chi connectivity index (χ1) is 11.6. The van der Waals surface area contributed by atoms with Crippen LogP contribution in [0.25, 0.3) is 11.5 Å². The lowest BCUT2D eigenvalue weighted by Crippen LogP contribution is -2.48. The number of aromatic nitrogens is 4. The summed E-state index contributed by atoms with van der Waals surface area (Å²) in [6, 6.07) is 8.36. The van der Waals surface area contributed by atoms with Gasteiger partial charge in [0.1, 0.15) is 5.69 Å². The van der Waals surface area contributed by atoms with Crippen molar-refractivity contribution in [3.8, 4) is 11.5 Å². The average Bonchev–Trinajstić information content (AvgIpc) is 3.04. The SMILES string of the molecule is O=S(=O)(c1ccccc1)N1CC(c2nc(-c3cnccn3)no2)C1. The third kappa shape index (κ3) is 2.57. The van der Waals surface area contributed by atoms with Crippen LogP contribution in [0.4, 0.5) is 0 Å². The van der Waals surface area contributed by atoms with Gasteiger partial charge < -0.3 is 4.52 Å². The lowest BCUT2D eigenvalue weighted by atomic mass is 10.0. The molecule has 2 aromatic heterocycles. The Morgan fingerprint density at radius 2 is 1.92 bits per heavy atom. The van der Waals surface area contributed by atoms with E-state index >= 15 is 0 Å². The van der Waals surface area contributed by atoms with Crippen LogP contribution in [0, 0.1) is 0 Å². The smallest absolute Gasteiger partial charge is 0.243 e. The molecule has 0 bridgehead atoms. The quantitative estimate of drug-likeness (QED) is 0.704. The van der Waals surface area contributed by atoms with Crippen molar-refractivity contribution in [1.29, 1.82) is 0 Å². The Morgan fingerprint density at radius 1 is 1.12 bits per heavy atom. The molecule has 3 heterocycles. The monoisotopic (exact) mass is 343 g/mol. The Bertz CT molecular complexity index is 938. The van der Waals surface area contributed by atoms with Crippen molar-refractivity contribution >= 4 is 10.0 Å². The topological polar surface area (TPSA) is 102 Å². The highest BCUT2D eigenvalue weighted by Gasteiger charge is 2.40. The molecule has 9 heteroatoms. The van der Waals surface area contributed by atoms with Gasteiger partial charge in [-0.05, 0) is 12.1 Å². The van der Waals surface area contributed by atoms with Gasteiger partial charge in [0.15, 0.2) is 0 Å². The van der Waals surface area contributed by atoms with Gasteiger partial charge in [-0.25, -0.2) is 13.4 Å². The maximum atomic E-state index is 12.5. The molecule has 0 radical (unpaired) electrons. The molecule has 0 aliphatic carbocycles. The summed E-state index contributed by atoms with van der Waals surface area (Å²) in [6.45, 7) is 0.638. The molecule has 1 aromatic carbocycles. The first-order valence-corrected chi connectivity index (χ1v) is 8.74. The molecule has 8 nitrogen and oxygen atoms in total. The molecule has 3 aromatic rings. The predicted octanol–water partition coefficient (Wildman–Crippen LogP) is 1.31. The van der Waals surface area contributed by atoms with Crippen molar-refractivity contribution in [2.45, 2.75) is 10.8 Å². The van der Waals surface area contributed by atoms with Crippen LogP contribution >= 0.6 is 0 Å². The Balaban J connectivity index is 1.48. The first kappa shape index (κ1) is 14.9. The van der Waals surface area contributed by atoms with Crippen molar-refractivity contribution in [3.63, 3.8) is 0 Å². The van der Waals surface area contributed by atoms with Crippen molar-refractivity contribution < 1.29 is 12.9 Å². The van der Waals surface area contributed by atoms with Crippen LogP contribution in [0.1, 0.15) is 11.8 Å². The molecular formula is C15H13N5O3S. The fraction of sp³-hybridized carbons (Fsp3) is 0.200. The van der Waals surface area contributed by atoms with Crippen molar-refractivity contribution in [1.82, 2.24) is 24.4 Å². The highest BCUT2D eigenvalue weighted by atomic mass is 32.2.